The molecule has 21 heavy (non-hydrogen) atoms. The van der Waals surface area contributed by atoms with Crippen LogP contribution in [0.4, 0.5) is 18.9 Å². The van der Waals surface area contributed by atoms with Gasteiger partial charge in [0, 0.05) is 11.8 Å². The van der Waals surface area contributed by atoms with Crippen molar-refractivity contribution in [1.82, 2.24) is 0 Å². The molecule has 0 aromatic heterocycles. The van der Waals surface area contributed by atoms with Crippen molar-refractivity contribution in [1.29, 1.82) is 0 Å². The van der Waals surface area contributed by atoms with E-state index in [1.165, 1.54) is 0 Å². The van der Waals surface area contributed by atoms with Gasteiger partial charge in [0.1, 0.15) is 6.04 Å². The Bertz CT molecular complexity index is 642. The van der Waals surface area contributed by atoms with Gasteiger partial charge in [0.2, 0.25) is 0 Å². The summed E-state index contributed by atoms with van der Waals surface area (Å²) in [6, 6.07) is 1.15. The minimum Gasteiger partial charge on any atom is -0.480 e. The normalized spacial score (nSPS) is 27.0. The fraction of sp³-hybridized carbons (Fsp3) is 0.357. The molecule has 1 heterocycles. The fourth-order valence-electron chi connectivity index (χ4n) is 3.17. The van der Waals surface area contributed by atoms with Gasteiger partial charge < -0.3 is 10.4 Å². The molecule has 0 spiro atoms. The summed E-state index contributed by atoms with van der Waals surface area (Å²) in [5.41, 5.74) is -0.641. The zero-order chi connectivity index (χ0) is 15.4. The molecule has 1 aliphatic carbocycles. The number of carboxylic acid groups (broad SMARTS) is 1. The molecule has 1 aromatic carbocycles. The van der Waals surface area contributed by atoms with Crippen molar-refractivity contribution in [2.45, 2.75) is 24.6 Å². The van der Waals surface area contributed by atoms with Gasteiger partial charge in [-0.15, -0.1) is 0 Å². The number of benzene rings is 1. The van der Waals surface area contributed by atoms with Crippen molar-refractivity contribution >= 4 is 23.3 Å². The van der Waals surface area contributed by atoms with Gasteiger partial charge in [-0.3, -0.25) is 0 Å². The predicted molar refractivity (Wildman–Crippen MR) is 71.5 cm³/mol. The smallest absolute Gasteiger partial charge is 0.416 e. The third kappa shape index (κ3) is 2.18. The number of nitrogens with one attached hydrogen (secondary N) is 1. The second-order valence-corrected chi connectivity index (χ2v) is 5.60. The molecule has 3 unspecified atom stereocenters. The molecule has 1 aliphatic heterocycles. The van der Waals surface area contributed by atoms with Crippen LogP contribution in [0.1, 0.15) is 23.5 Å². The van der Waals surface area contributed by atoms with Crippen LogP contribution in [0.15, 0.2) is 24.3 Å². The largest absolute Gasteiger partial charge is 0.480 e. The van der Waals surface area contributed by atoms with E-state index in [4.69, 9.17) is 11.6 Å². The molecule has 3 atom stereocenters. The lowest BCUT2D eigenvalue weighted by Crippen LogP contribution is -2.42. The van der Waals surface area contributed by atoms with Crippen LogP contribution >= 0.6 is 11.6 Å². The molecule has 0 radical (unpaired) electrons. The van der Waals surface area contributed by atoms with Crippen molar-refractivity contribution in [2.24, 2.45) is 5.92 Å². The SMILES string of the molecule is O=C(O)C1Nc2c(Cl)ccc(C(F)(F)F)c2C2C=CCC12. The number of carbonyl (C=O) groups is 1. The Morgan fingerprint density at radius 1 is 1.38 bits per heavy atom. The summed E-state index contributed by atoms with van der Waals surface area (Å²) in [6.45, 7) is 0. The molecule has 3 nitrogen and oxygen atoms in total. The van der Waals surface area contributed by atoms with Gasteiger partial charge in [0.05, 0.1) is 16.3 Å². The molecule has 112 valence electrons. The predicted octanol–water partition coefficient (Wildman–Crippen LogP) is 3.90. The summed E-state index contributed by atoms with van der Waals surface area (Å²) in [5, 5.41) is 12.1. The van der Waals surface area contributed by atoms with E-state index in [2.05, 4.69) is 5.32 Å². The third-order valence-electron chi connectivity index (χ3n) is 4.04. The van der Waals surface area contributed by atoms with Crippen LogP contribution in [0.5, 0.6) is 0 Å². The van der Waals surface area contributed by atoms with Crippen LogP contribution in [-0.4, -0.2) is 17.1 Å². The van der Waals surface area contributed by atoms with Crippen LogP contribution in [0.3, 0.4) is 0 Å². The highest BCUT2D eigenvalue weighted by Crippen LogP contribution is 2.51. The van der Waals surface area contributed by atoms with Gasteiger partial charge in [0.15, 0.2) is 0 Å². The molecule has 0 amide bonds. The number of allylic oxidation sites excluding steroid dienone is 2. The molecule has 2 aliphatic rings. The van der Waals surface area contributed by atoms with Gasteiger partial charge in [-0.05, 0) is 24.1 Å². The lowest BCUT2D eigenvalue weighted by molar-refractivity contribution is -0.139. The van der Waals surface area contributed by atoms with Crippen molar-refractivity contribution in [2.75, 3.05) is 5.32 Å². The molecule has 7 heteroatoms. The first-order valence-corrected chi connectivity index (χ1v) is 6.74. The Kier molecular flexibility index (Phi) is 3.16. The Morgan fingerprint density at radius 2 is 2.10 bits per heavy atom. The van der Waals surface area contributed by atoms with Crippen molar-refractivity contribution in [3.63, 3.8) is 0 Å². The monoisotopic (exact) mass is 317 g/mol. The van der Waals surface area contributed by atoms with Gasteiger partial charge in [-0.1, -0.05) is 23.8 Å². The Hall–Kier alpha value is -1.69. The number of carboxylic acids is 1. The van der Waals surface area contributed by atoms with Crippen molar-refractivity contribution in [3.8, 4) is 0 Å². The molecule has 1 aromatic rings. The Labute approximate surface area is 123 Å². The molecule has 0 fully saturated rings. The minimum absolute atomic E-state index is 0.0475. The van der Waals surface area contributed by atoms with Gasteiger partial charge in [0.25, 0.3) is 0 Å². The van der Waals surface area contributed by atoms with E-state index in [0.29, 0.717) is 6.42 Å². The number of anilines is 1. The minimum atomic E-state index is -4.51. The number of fused-ring (bicyclic) bond motifs is 3. The average molecular weight is 318 g/mol. The number of alkyl halides is 3. The summed E-state index contributed by atoms with van der Waals surface area (Å²) in [5.74, 6) is -2.11. The second kappa shape index (κ2) is 4.66. The van der Waals surface area contributed by atoms with Gasteiger partial charge in [-0.2, -0.15) is 13.2 Å². The summed E-state index contributed by atoms with van der Waals surface area (Å²) in [6.07, 6.45) is -0.708. The summed E-state index contributed by atoms with van der Waals surface area (Å²) >= 11 is 5.98. The van der Waals surface area contributed by atoms with E-state index in [-0.39, 0.29) is 16.3 Å². The molecular formula is C14H11ClF3NO2. The Morgan fingerprint density at radius 3 is 2.71 bits per heavy atom. The third-order valence-corrected chi connectivity index (χ3v) is 4.36. The Balaban J connectivity index is 2.22. The quantitative estimate of drug-likeness (QED) is 0.772. The first-order chi connectivity index (χ1) is 9.80. The lowest BCUT2D eigenvalue weighted by atomic mass is 9.77. The van der Waals surface area contributed by atoms with Gasteiger partial charge in [-0.25, -0.2) is 4.79 Å². The maximum absolute atomic E-state index is 13.2. The van der Waals surface area contributed by atoms with Crippen LogP contribution in [-0.2, 0) is 11.0 Å². The van der Waals surface area contributed by atoms with E-state index in [1.807, 2.05) is 0 Å². The van der Waals surface area contributed by atoms with Gasteiger partial charge >= 0.3 is 12.1 Å². The fourth-order valence-corrected chi connectivity index (χ4v) is 3.39. The van der Waals surface area contributed by atoms with E-state index < -0.39 is 35.6 Å². The maximum atomic E-state index is 13.2. The highest BCUT2D eigenvalue weighted by Gasteiger charge is 2.46. The lowest BCUT2D eigenvalue weighted by Gasteiger charge is -2.36. The number of hydrogen-bond acceptors (Lipinski definition) is 2. The number of aliphatic carboxylic acids is 1. The van der Waals surface area contributed by atoms with E-state index in [1.54, 1.807) is 12.2 Å². The zero-order valence-electron chi connectivity index (χ0n) is 10.6. The number of hydrogen-bond donors (Lipinski definition) is 2. The topological polar surface area (TPSA) is 49.3 Å². The van der Waals surface area contributed by atoms with Crippen LogP contribution in [0.25, 0.3) is 0 Å². The summed E-state index contributed by atoms with van der Waals surface area (Å²) < 4.78 is 39.6. The van der Waals surface area contributed by atoms with Crippen LogP contribution in [0.2, 0.25) is 5.02 Å². The number of halogens is 4. The molecular weight excluding hydrogens is 307 g/mol. The highest BCUT2D eigenvalue weighted by atomic mass is 35.5. The zero-order valence-corrected chi connectivity index (χ0v) is 11.4. The summed E-state index contributed by atoms with van der Waals surface area (Å²) in [4.78, 5) is 11.3. The second-order valence-electron chi connectivity index (χ2n) is 5.20. The number of rotatable bonds is 1. The van der Waals surface area contributed by atoms with Crippen LogP contribution in [0, 0.1) is 5.92 Å². The molecule has 3 rings (SSSR count). The van der Waals surface area contributed by atoms with E-state index in [9.17, 15) is 23.1 Å². The average Bonchev–Trinajstić information content (AvgIpc) is 2.85. The highest BCUT2D eigenvalue weighted by molar-refractivity contribution is 6.33. The first kappa shape index (κ1) is 14.3. The molecule has 0 saturated carbocycles. The molecule has 0 saturated heterocycles. The summed E-state index contributed by atoms with van der Waals surface area (Å²) in [7, 11) is 0. The van der Waals surface area contributed by atoms with Crippen LogP contribution < -0.4 is 5.32 Å². The molecule has 0 bridgehead atoms. The van der Waals surface area contributed by atoms with Crippen molar-refractivity contribution < 1.29 is 23.1 Å². The van der Waals surface area contributed by atoms with E-state index >= 15 is 0 Å². The van der Waals surface area contributed by atoms with E-state index in [0.717, 1.165) is 12.1 Å². The molecule has 2 N–H and O–H groups in total. The first-order valence-electron chi connectivity index (χ1n) is 6.36. The standard InChI is InChI=1S/C14H11ClF3NO2/c15-9-5-4-8(14(16,17)18)10-6-2-1-3-7(6)11(13(20)21)19-12(9)10/h1-2,4-7,11,19H,3H2,(H,20,21). The maximum Gasteiger partial charge on any atom is 0.416 e. The van der Waals surface area contributed by atoms with Crippen molar-refractivity contribution in [3.05, 3.63) is 40.4 Å².